The van der Waals surface area contributed by atoms with Crippen LogP contribution in [0.2, 0.25) is 5.02 Å². The lowest BCUT2D eigenvalue weighted by atomic mass is 10.1. The van der Waals surface area contributed by atoms with E-state index in [1.165, 1.54) is 11.3 Å². The molecule has 0 radical (unpaired) electrons. The molecular weight excluding hydrogens is 258 g/mol. The van der Waals surface area contributed by atoms with Crippen molar-refractivity contribution in [3.8, 4) is 5.69 Å². The first kappa shape index (κ1) is 14.1. The summed E-state index contributed by atoms with van der Waals surface area (Å²) in [6.45, 7) is 6.76. The summed E-state index contributed by atoms with van der Waals surface area (Å²) in [5.41, 5.74) is 11.4. The van der Waals surface area contributed by atoms with E-state index in [1.54, 1.807) is 0 Å². The van der Waals surface area contributed by atoms with Gasteiger partial charge in [0.05, 0.1) is 11.4 Å². The van der Waals surface area contributed by atoms with Crippen LogP contribution in [0.1, 0.15) is 36.4 Å². The molecule has 1 aromatic carbocycles. The molecule has 0 fully saturated rings. The van der Waals surface area contributed by atoms with Crippen molar-refractivity contribution in [3.63, 3.8) is 0 Å². The summed E-state index contributed by atoms with van der Waals surface area (Å²) >= 11 is 6.21. The third-order valence-corrected chi connectivity index (χ3v) is 3.85. The maximum atomic E-state index is 6.21. The second-order valence-corrected chi connectivity index (χ2v) is 5.04. The first-order valence-corrected chi connectivity index (χ1v) is 7.06. The largest absolute Gasteiger partial charge is 0.326 e. The first-order chi connectivity index (χ1) is 9.12. The molecule has 3 nitrogen and oxygen atoms in total. The Kier molecular flexibility index (Phi) is 4.27. The van der Waals surface area contributed by atoms with Gasteiger partial charge in [-0.3, -0.25) is 0 Å². The van der Waals surface area contributed by atoms with E-state index in [4.69, 9.17) is 17.3 Å². The van der Waals surface area contributed by atoms with Gasteiger partial charge in [-0.25, -0.2) is 4.68 Å². The highest BCUT2D eigenvalue weighted by Gasteiger charge is 2.15. The fourth-order valence-corrected chi connectivity index (χ4v) is 2.52. The summed E-state index contributed by atoms with van der Waals surface area (Å²) in [6, 6.07) is 6.03. The van der Waals surface area contributed by atoms with Gasteiger partial charge in [-0.15, -0.1) is 0 Å². The number of hydrogen-bond donors (Lipinski definition) is 1. The number of rotatable bonds is 4. The number of nitrogens with two attached hydrogens (primary N) is 1. The fourth-order valence-electron chi connectivity index (χ4n) is 2.35. The monoisotopic (exact) mass is 277 g/mol. The molecule has 2 N–H and O–H groups in total. The Balaban J connectivity index is 2.60. The maximum Gasteiger partial charge on any atom is 0.0674 e. The molecule has 0 aliphatic heterocycles. The van der Waals surface area contributed by atoms with E-state index in [0.29, 0.717) is 6.54 Å². The second-order valence-electron chi connectivity index (χ2n) is 4.63. The average molecular weight is 278 g/mol. The number of benzene rings is 1. The highest BCUT2D eigenvalue weighted by molar-refractivity contribution is 6.31. The van der Waals surface area contributed by atoms with E-state index in [-0.39, 0.29) is 0 Å². The van der Waals surface area contributed by atoms with Crippen molar-refractivity contribution < 1.29 is 0 Å². The molecule has 1 aromatic heterocycles. The van der Waals surface area contributed by atoms with Crippen LogP contribution in [0.4, 0.5) is 0 Å². The fraction of sp³-hybridized carbons (Fsp3) is 0.400. The SMILES string of the molecule is CCc1nn(-c2ccc(C)c(Cl)c2)c(CC)c1CN. The van der Waals surface area contributed by atoms with E-state index in [0.717, 1.165) is 34.8 Å². The van der Waals surface area contributed by atoms with Crippen LogP contribution < -0.4 is 5.73 Å². The van der Waals surface area contributed by atoms with Crippen LogP contribution in [0.5, 0.6) is 0 Å². The lowest BCUT2D eigenvalue weighted by molar-refractivity contribution is 0.792. The molecule has 0 amide bonds. The Morgan fingerprint density at radius 2 is 2.00 bits per heavy atom. The standard InChI is InChI=1S/C15H20ClN3/c1-4-14-12(9-17)15(5-2)19(18-14)11-7-6-10(3)13(16)8-11/h6-8H,4-5,9,17H2,1-3H3. The lowest BCUT2D eigenvalue weighted by Gasteiger charge is -2.08. The Labute approximate surface area is 119 Å². The molecule has 19 heavy (non-hydrogen) atoms. The summed E-state index contributed by atoms with van der Waals surface area (Å²) in [5.74, 6) is 0. The summed E-state index contributed by atoms with van der Waals surface area (Å²) < 4.78 is 1.98. The van der Waals surface area contributed by atoms with Crippen molar-refractivity contribution >= 4 is 11.6 Å². The zero-order valence-electron chi connectivity index (χ0n) is 11.7. The predicted octanol–water partition coefficient (Wildman–Crippen LogP) is 3.42. The van der Waals surface area contributed by atoms with E-state index >= 15 is 0 Å². The molecular formula is C15H20ClN3. The van der Waals surface area contributed by atoms with Crippen LogP contribution >= 0.6 is 11.6 Å². The third kappa shape index (κ3) is 2.53. The van der Waals surface area contributed by atoms with Crippen LogP contribution in [-0.2, 0) is 19.4 Å². The van der Waals surface area contributed by atoms with Crippen molar-refractivity contribution in [1.82, 2.24) is 9.78 Å². The summed E-state index contributed by atoms with van der Waals surface area (Å²) in [4.78, 5) is 0. The van der Waals surface area contributed by atoms with Gasteiger partial charge in [0.25, 0.3) is 0 Å². The molecule has 0 aliphatic rings. The van der Waals surface area contributed by atoms with Crippen molar-refractivity contribution in [3.05, 3.63) is 45.7 Å². The van der Waals surface area contributed by atoms with Crippen LogP contribution in [-0.4, -0.2) is 9.78 Å². The number of hydrogen-bond acceptors (Lipinski definition) is 2. The highest BCUT2D eigenvalue weighted by atomic mass is 35.5. The smallest absolute Gasteiger partial charge is 0.0674 e. The molecule has 2 rings (SSSR count). The zero-order chi connectivity index (χ0) is 14.0. The molecule has 4 heteroatoms. The van der Waals surface area contributed by atoms with Crippen molar-refractivity contribution in [2.24, 2.45) is 5.73 Å². The van der Waals surface area contributed by atoms with E-state index in [2.05, 4.69) is 18.9 Å². The third-order valence-electron chi connectivity index (χ3n) is 3.45. The van der Waals surface area contributed by atoms with Crippen LogP contribution in [0.3, 0.4) is 0 Å². The van der Waals surface area contributed by atoms with Gasteiger partial charge < -0.3 is 5.73 Å². The van der Waals surface area contributed by atoms with Gasteiger partial charge in [-0.2, -0.15) is 5.10 Å². The number of halogens is 1. The minimum absolute atomic E-state index is 0.534. The van der Waals surface area contributed by atoms with Gasteiger partial charge in [0.1, 0.15) is 0 Å². The average Bonchev–Trinajstić information content (AvgIpc) is 2.79. The Bertz CT molecular complexity index is 587. The van der Waals surface area contributed by atoms with Crippen molar-refractivity contribution in [2.75, 3.05) is 0 Å². The molecule has 2 aromatic rings. The highest BCUT2D eigenvalue weighted by Crippen LogP contribution is 2.23. The van der Waals surface area contributed by atoms with Gasteiger partial charge in [0.2, 0.25) is 0 Å². The molecule has 0 aliphatic carbocycles. The minimum atomic E-state index is 0.534. The number of nitrogens with zero attached hydrogens (tertiary/aromatic N) is 2. The lowest BCUT2D eigenvalue weighted by Crippen LogP contribution is -2.05. The number of aryl methyl sites for hydroxylation is 2. The summed E-state index contributed by atoms with van der Waals surface area (Å²) in [7, 11) is 0. The van der Waals surface area contributed by atoms with Crippen molar-refractivity contribution in [1.29, 1.82) is 0 Å². The molecule has 0 saturated carbocycles. The van der Waals surface area contributed by atoms with Gasteiger partial charge >= 0.3 is 0 Å². The number of aromatic nitrogens is 2. The van der Waals surface area contributed by atoms with Crippen molar-refractivity contribution in [2.45, 2.75) is 40.2 Å². The maximum absolute atomic E-state index is 6.21. The molecule has 0 bridgehead atoms. The molecule has 0 saturated heterocycles. The zero-order valence-corrected chi connectivity index (χ0v) is 12.5. The van der Waals surface area contributed by atoms with Crippen LogP contribution in [0.25, 0.3) is 5.69 Å². The Hall–Kier alpha value is -1.32. The first-order valence-electron chi connectivity index (χ1n) is 6.68. The molecule has 0 spiro atoms. The summed E-state index contributed by atoms with van der Waals surface area (Å²) in [6.07, 6.45) is 1.80. The topological polar surface area (TPSA) is 43.8 Å². The Morgan fingerprint density at radius 3 is 2.53 bits per heavy atom. The van der Waals surface area contributed by atoms with Gasteiger partial charge in [0.15, 0.2) is 0 Å². The van der Waals surface area contributed by atoms with Gasteiger partial charge in [-0.1, -0.05) is 31.5 Å². The predicted molar refractivity (Wildman–Crippen MR) is 80.0 cm³/mol. The second kappa shape index (κ2) is 5.76. The minimum Gasteiger partial charge on any atom is -0.326 e. The summed E-state index contributed by atoms with van der Waals surface area (Å²) in [5, 5.41) is 5.46. The Morgan fingerprint density at radius 1 is 1.26 bits per heavy atom. The normalized spacial score (nSPS) is 11.0. The van der Waals surface area contributed by atoms with Gasteiger partial charge in [0, 0.05) is 22.8 Å². The van der Waals surface area contributed by atoms with Gasteiger partial charge in [-0.05, 0) is 37.5 Å². The molecule has 0 atom stereocenters. The van der Waals surface area contributed by atoms with Crippen LogP contribution in [0, 0.1) is 6.92 Å². The molecule has 102 valence electrons. The molecule has 1 heterocycles. The van der Waals surface area contributed by atoms with Crippen LogP contribution in [0.15, 0.2) is 18.2 Å². The van der Waals surface area contributed by atoms with E-state index < -0.39 is 0 Å². The molecule has 0 unspecified atom stereocenters. The van der Waals surface area contributed by atoms with E-state index in [1.807, 2.05) is 29.8 Å². The van der Waals surface area contributed by atoms with E-state index in [9.17, 15) is 0 Å². The quantitative estimate of drug-likeness (QED) is 0.931.